The van der Waals surface area contributed by atoms with Gasteiger partial charge in [-0.05, 0) is 133 Å². The maximum Gasteiger partial charge on any atom is 0.417 e. The van der Waals surface area contributed by atoms with Gasteiger partial charge in [-0.15, -0.1) is 0 Å². The lowest BCUT2D eigenvalue weighted by Gasteiger charge is -2.22. The monoisotopic (exact) mass is 951 g/mol. The lowest BCUT2D eigenvalue weighted by Crippen LogP contribution is -2.10. The minimum atomic E-state index is -4.70. The number of alkyl halides is 3. The van der Waals surface area contributed by atoms with Crippen molar-refractivity contribution in [3.05, 3.63) is 239 Å². The minimum Gasteiger partial charge on any atom is -0.307 e. The highest BCUT2D eigenvalue weighted by atomic mass is 19.4. The van der Waals surface area contributed by atoms with E-state index in [9.17, 15) is 5.26 Å². The first-order valence-electron chi connectivity index (χ1n) is 24.5. The maximum atomic E-state index is 15.4. The van der Waals surface area contributed by atoms with Crippen molar-refractivity contribution in [2.24, 2.45) is 0 Å². The SMILES string of the molecule is Cc1cccc(-c2ccc3c4ccc(-c5cccc(C)c5)cc4n(-c4cc(C#N)c(-c5c(C)cccc5C(F)(F)F)cc4-n4c5cc(-c6cccc(C)c6)ccc5c5ccc(-c6cccc(C)c6)cc54)c3c2)c1. The molecular weight excluding hydrogens is 904 g/mol. The molecule has 0 spiro atoms. The van der Waals surface area contributed by atoms with Crippen molar-refractivity contribution in [2.75, 3.05) is 0 Å². The van der Waals surface area contributed by atoms with Gasteiger partial charge < -0.3 is 9.13 Å². The number of aromatic nitrogens is 2. The molecular formula is C67H48F3N3. The van der Waals surface area contributed by atoms with Crippen LogP contribution in [0.1, 0.15) is 38.9 Å². The van der Waals surface area contributed by atoms with E-state index in [2.05, 4.69) is 213 Å². The first-order valence-corrected chi connectivity index (χ1v) is 24.5. The van der Waals surface area contributed by atoms with Crippen molar-refractivity contribution in [1.82, 2.24) is 9.13 Å². The number of halogens is 3. The highest BCUT2D eigenvalue weighted by molar-refractivity contribution is 6.14. The zero-order valence-corrected chi connectivity index (χ0v) is 41.0. The van der Waals surface area contributed by atoms with E-state index in [1.54, 1.807) is 13.0 Å². The van der Waals surface area contributed by atoms with Gasteiger partial charge >= 0.3 is 6.18 Å². The van der Waals surface area contributed by atoms with E-state index in [0.29, 0.717) is 16.9 Å². The fourth-order valence-electron chi connectivity index (χ4n) is 11.1. The summed E-state index contributed by atoms with van der Waals surface area (Å²) in [5.74, 6) is 0. The summed E-state index contributed by atoms with van der Waals surface area (Å²) < 4.78 is 50.6. The fraction of sp³-hybridized carbons (Fsp3) is 0.0896. The molecule has 12 aromatic rings. The van der Waals surface area contributed by atoms with Crippen LogP contribution >= 0.6 is 0 Å². The van der Waals surface area contributed by atoms with Crippen LogP contribution in [0, 0.1) is 45.9 Å². The Morgan fingerprint density at radius 3 is 1.03 bits per heavy atom. The molecule has 0 fully saturated rings. The third-order valence-corrected chi connectivity index (χ3v) is 14.5. The molecule has 2 heterocycles. The molecule has 0 atom stereocenters. The molecule has 73 heavy (non-hydrogen) atoms. The van der Waals surface area contributed by atoms with E-state index in [1.165, 1.54) is 6.07 Å². The summed E-state index contributed by atoms with van der Waals surface area (Å²) in [4.78, 5) is 0. The van der Waals surface area contributed by atoms with Crippen LogP contribution in [0.25, 0.3) is 111 Å². The van der Waals surface area contributed by atoms with Crippen LogP contribution in [0.4, 0.5) is 13.2 Å². The van der Waals surface area contributed by atoms with Gasteiger partial charge in [0, 0.05) is 27.1 Å². The van der Waals surface area contributed by atoms with Crippen LogP contribution in [0.5, 0.6) is 0 Å². The summed E-state index contributed by atoms with van der Waals surface area (Å²) in [5.41, 5.74) is 17.4. The van der Waals surface area contributed by atoms with Crippen LogP contribution in [-0.4, -0.2) is 9.13 Å². The average Bonchev–Trinajstić information content (AvgIpc) is 3.89. The highest BCUT2D eigenvalue weighted by Gasteiger charge is 2.35. The summed E-state index contributed by atoms with van der Waals surface area (Å²) in [7, 11) is 0. The Labute approximate surface area is 422 Å². The Morgan fingerprint density at radius 2 is 0.699 bits per heavy atom. The van der Waals surface area contributed by atoms with Gasteiger partial charge in [0.1, 0.15) is 0 Å². The number of aryl methyl sites for hydroxylation is 5. The zero-order valence-electron chi connectivity index (χ0n) is 41.0. The van der Waals surface area contributed by atoms with E-state index in [0.717, 1.165) is 116 Å². The quantitative estimate of drug-likeness (QED) is 0.157. The maximum absolute atomic E-state index is 15.4. The number of nitrogens with zero attached hydrogens (tertiary/aromatic N) is 3. The minimum absolute atomic E-state index is 0.0216. The van der Waals surface area contributed by atoms with Crippen LogP contribution < -0.4 is 0 Å². The van der Waals surface area contributed by atoms with Crippen LogP contribution in [0.2, 0.25) is 0 Å². The van der Waals surface area contributed by atoms with Gasteiger partial charge in [-0.1, -0.05) is 180 Å². The topological polar surface area (TPSA) is 33.6 Å². The number of fused-ring (bicyclic) bond motifs is 6. The Kier molecular flexibility index (Phi) is 10.8. The van der Waals surface area contributed by atoms with Crippen molar-refractivity contribution in [2.45, 2.75) is 40.8 Å². The molecule has 0 saturated carbocycles. The first kappa shape index (κ1) is 45.2. The van der Waals surface area contributed by atoms with Gasteiger partial charge in [0.15, 0.2) is 0 Å². The van der Waals surface area contributed by atoms with Gasteiger partial charge in [-0.3, -0.25) is 0 Å². The Balaban J connectivity index is 1.28. The molecule has 10 aromatic carbocycles. The first-order chi connectivity index (χ1) is 35.3. The van der Waals surface area contributed by atoms with Crippen molar-refractivity contribution in [3.8, 4) is 73.1 Å². The molecule has 352 valence electrons. The van der Waals surface area contributed by atoms with Crippen LogP contribution in [0.3, 0.4) is 0 Å². The summed E-state index contributed by atoms with van der Waals surface area (Å²) in [6.07, 6.45) is -4.70. The third kappa shape index (κ3) is 7.86. The van der Waals surface area contributed by atoms with E-state index >= 15 is 13.2 Å². The number of hydrogen-bond acceptors (Lipinski definition) is 1. The molecule has 2 aromatic heterocycles. The van der Waals surface area contributed by atoms with Gasteiger partial charge in [0.2, 0.25) is 0 Å². The number of hydrogen-bond donors (Lipinski definition) is 0. The second kappa shape index (κ2) is 17.4. The van der Waals surface area contributed by atoms with E-state index in [4.69, 9.17) is 0 Å². The lowest BCUT2D eigenvalue weighted by atomic mass is 9.90. The Morgan fingerprint density at radius 1 is 0.370 bits per heavy atom. The average molecular weight is 952 g/mol. The predicted molar refractivity (Wildman–Crippen MR) is 296 cm³/mol. The van der Waals surface area contributed by atoms with Crippen molar-refractivity contribution in [1.29, 1.82) is 5.26 Å². The lowest BCUT2D eigenvalue weighted by molar-refractivity contribution is -0.137. The summed E-state index contributed by atoms with van der Waals surface area (Å²) in [5, 5.41) is 15.3. The molecule has 0 aliphatic heterocycles. The fourth-order valence-corrected chi connectivity index (χ4v) is 11.1. The van der Waals surface area contributed by atoms with Gasteiger partial charge in [-0.2, -0.15) is 18.4 Å². The summed E-state index contributed by atoms with van der Waals surface area (Å²) in [6, 6.07) is 70.1. The Bertz CT molecular complexity index is 4070. The van der Waals surface area contributed by atoms with Gasteiger partial charge in [-0.25, -0.2) is 0 Å². The molecule has 0 amide bonds. The normalized spacial score (nSPS) is 11.8. The molecule has 0 bridgehead atoms. The van der Waals surface area contributed by atoms with Crippen molar-refractivity contribution in [3.63, 3.8) is 0 Å². The molecule has 0 radical (unpaired) electrons. The van der Waals surface area contributed by atoms with E-state index < -0.39 is 11.7 Å². The Hall–Kier alpha value is -8.92. The van der Waals surface area contributed by atoms with Gasteiger partial charge in [0.25, 0.3) is 0 Å². The standard InChI is InChI=1S/C67H48F3N3/c1-40-11-6-16-45(29-40)49-21-25-54-55-26-22-50(46-17-7-12-41(2)30-46)34-61(55)72(60(54)33-49)64-37-53(39-71)58(66-44(5)15-10-20-59(66)67(68,69)70)38-65(64)73-62-35-51(47-18-8-13-42(3)31-47)23-27-56(62)57-28-24-52(36-63(57)73)48-19-9-14-43(4)32-48/h6-38H,1-5H3. The molecule has 0 aliphatic carbocycles. The summed E-state index contributed by atoms with van der Waals surface area (Å²) >= 11 is 0. The molecule has 0 saturated heterocycles. The number of nitriles is 1. The zero-order chi connectivity index (χ0) is 50.3. The number of rotatable bonds is 7. The van der Waals surface area contributed by atoms with Crippen molar-refractivity contribution < 1.29 is 13.2 Å². The van der Waals surface area contributed by atoms with E-state index in [-0.39, 0.29) is 16.7 Å². The molecule has 0 unspecified atom stereocenters. The summed E-state index contributed by atoms with van der Waals surface area (Å²) in [6.45, 7) is 10.0. The molecule has 3 nitrogen and oxygen atoms in total. The van der Waals surface area contributed by atoms with Gasteiger partial charge in [0.05, 0.1) is 50.6 Å². The largest absolute Gasteiger partial charge is 0.417 e. The van der Waals surface area contributed by atoms with Crippen molar-refractivity contribution >= 4 is 43.6 Å². The third-order valence-electron chi connectivity index (χ3n) is 14.5. The molecule has 6 heteroatoms. The second-order valence-corrected chi connectivity index (χ2v) is 19.6. The highest BCUT2D eigenvalue weighted by Crippen LogP contribution is 2.46. The van der Waals surface area contributed by atoms with E-state index in [1.807, 2.05) is 12.1 Å². The second-order valence-electron chi connectivity index (χ2n) is 19.6. The number of benzene rings is 10. The van der Waals surface area contributed by atoms with Crippen LogP contribution in [0.15, 0.2) is 200 Å². The van der Waals surface area contributed by atoms with Crippen LogP contribution in [-0.2, 0) is 6.18 Å². The molecule has 12 rings (SSSR count). The molecule has 0 aliphatic rings. The smallest absolute Gasteiger partial charge is 0.307 e. The predicted octanol–water partition coefficient (Wildman–Crippen LogP) is 18.6. The molecule has 0 N–H and O–H groups in total.